The number of amidine groups is 1. The van der Waals surface area contributed by atoms with E-state index in [9.17, 15) is 0 Å². The fourth-order valence-electron chi connectivity index (χ4n) is 0.674. The number of nitrogens with zero attached hydrogens (tertiary/aromatic N) is 3. The first-order chi connectivity index (χ1) is 7.13. The third kappa shape index (κ3) is 3.98. The van der Waals surface area contributed by atoms with Crippen LogP contribution in [0.2, 0.25) is 5.15 Å². The molecule has 0 amide bonds. The third-order valence-corrected chi connectivity index (χ3v) is 2.56. The molecule has 0 radical (unpaired) electrons. The van der Waals surface area contributed by atoms with Crippen LogP contribution in [-0.4, -0.2) is 26.4 Å². The molecule has 0 aromatic carbocycles. The Balaban J connectivity index is 2.75. The van der Waals surface area contributed by atoms with Gasteiger partial charge in [-0.1, -0.05) is 35.6 Å². The predicted molar refractivity (Wildman–Crippen MR) is 67.0 cm³/mol. The summed E-state index contributed by atoms with van der Waals surface area (Å²) in [5.74, 6) is 0.182. The lowest BCUT2D eigenvalue weighted by Gasteiger charge is -2.01. The molecule has 0 fully saturated rings. The normalized spacial score (nSPS) is 11.2. The maximum Gasteiger partial charge on any atom is 0.171 e. The summed E-state index contributed by atoms with van der Waals surface area (Å²) in [6.45, 7) is 0. The van der Waals surface area contributed by atoms with Crippen molar-refractivity contribution >= 4 is 45.7 Å². The highest BCUT2D eigenvalue weighted by Crippen LogP contribution is 2.02. The molecule has 3 N–H and O–H groups in total. The Morgan fingerprint density at radius 3 is 3.00 bits per heavy atom. The van der Waals surface area contributed by atoms with Crippen molar-refractivity contribution in [2.75, 3.05) is 6.26 Å². The first-order valence-corrected chi connectivity index (χ1v) is 5.79. The van der Waals surface area contributed by atoms with E-state index in [1.165, 1.54) is 24.2 Å². The second-order valence-electron chi connectivity index (χ2n) is 2.33. The van der Waals surface area contributed by atoms with Crippen LogP contribution >= 0.6 is 35.6 Å². The van der Waals surface area contributed by atoms with Gasteiger partial charge in [-0.2, -0.15) is 5.10 Å². The van der Waals surface area contributed by atoms with E-state index >= 15 is 0 Å². The molecule has 0 aliphatic heterocycles. The summed E-state index contributed by atoms with van der Waals surface area (Å²) in [6, 6.07) is 0. The Hall–Kier alpha value is -0.920. The Morgan fingerprint density at radius 1 is 1.67 bits per heavy atom. The average Bonchev–Trinajstić information content (AvgIpc) is 2.25. The quantitative estimate of drug-likeness (QED) is 0.358. The number of halogens is 1. The lowest BCUT2D eigenvalue weighted by Crippen LogP contribution is -2.22. The maximum absolute atomic E-state index is 5.64. The molecule has 0 unspecified atom stereocenters. The molecule has 1 aromatic rings. The summed E-state index contributed by atoms with van der Waals surface area (Å²) in [6.07, 6.45) is 4.72. The van der Waals surface area contributed by atoms with Gasteiger partial charge >= 0.3 is 0 Å². The first kappa shape index (κ1) is 12.2. The number of nitrogens with two attached hydrogens (primary N) is 1. The van der Waals surface area contributed by atoms with E-state index in [1.54, 1.807) is 0 Å². The minimum absolute atomic E-state index is 0.182. The zero-order valence-electron chi connectivity index (χ0n) is 7.77. The van der Waals surface area contributed by atoms with Crippen molar-refractivity contribution < 1.29 is 0 Å². The molecule has 8 heteroatoms. The van der Waals surface area contributed by atoms with Crippen LogP contribution in [0.15, 0.2) is 17.5 Å². The molecule has 0 spiro atoms. The van der Waals surface area contributed by atoms with Crippen LogP contribution in [0.25, 0.3) is 0 Å². The van der Waals surface area contributed by atoms with Gasteiger partial charge in [-0.25, -0.2) is 4.98 Å². The number of nitrogens with one attached hydrogen (secondary N) is 1. The van der Waals surface area contributed by atoms with Crippen molar-refractivity contribution in [2.45, 2.75) is 0 Å². The topological polar surface area (TPSA) is 76.2 Å². The smallest absolute Gasteiger partial charge is 0.171 e. The molecule has 80 valence electrons. The Labute approximate surface area is 102 Å². The van der Waals surface area contributed by atoms with Gasteiger partial charge in [0, 0.05) is 0 Å². The molecule has 5 nitrogen and oxygen atoms in total. The van der Waals surface area contributed by atoms with E-state index in [0.717, 1.165) is 0 Å². The fraction of sp³-hybridized carbons (Fsp3) is 0.143. The van der Waals surface area contributed by atoms with Crippen LogP contribution in [0.3, 0.4) is 0 Å². The van der Waals surface area contributed by atoms with Gasteiger partial charge in [0.25, 0.3) is 0 Å². The molecule has 1 rings (SSSR count). The van der Waals surface area contributed by atoms with Crippen molar-refractivity contribution in [1.82, 2.24) is 15.4 Å². The van der Waals surface area contributed by atoms with Crippen molar-refractivity contribution in [3.63, 3.8) is 0 Å². The van der Waals surface area contributed by atoms with Crippen LogP contribution in [0.4, 0.5) is 0 Å². The highest BCUT2D eigenvalue weighted by molar-refractivity contribution is 8.22. The summed E-state index contributed by atoms with van der Waals surface area (Å²) in [4.78, 5) is 7.77. The maximum atomic E-state index is 5.64. The number of hydrogen-bond donors (Lipinski definition) is 2. The Morgan fingerprint density at radius 2 is 2.40 bits per heavy atom. The molecule has 1 aromatic heterocycles. The number of hydrogen-bond acceptors (Lipinski definition) is 5. The Kier molecular flexibility index (Phi) is 4.73. The van der Waals surface area contributed by atoms with Gasteiger partial charge in [-0.15, -0.1) is 0 Å². The summed E-state index contributed by atoms with van der Waals surface area (Å²) < 4.78 is 0.521. The highest BCUT2D eigenvalue weighted by atomic mass is 35.5. The standard InChI is InChI=1S/C7H8ClN5S2/c1-15-7(14)13-12-6(9)4-2-10-3-5(8)11-4/h2-3H,1H3,(H2,9,12)(H,13,14). The van der Waals surface area contributed by atoms with Gasteiger partial charge in [-0.3, -0.25) is 10.4 Å². The van der Waals surface area contributed by atoms with E-state index in [-0.39, 0.29) is 11.0 Å². The van der Waals surface area contributed by atoms with Gasteiger partial charge < -0.3 is 5.73 Å². The van der Waals surface area contributed by atoms with Gasteiger partial charge in [0.2, 0.25) is 0 Å². The zero-order valence-corrected chi connectivity index (χ0v) is 10.2. The minimum Gasteiger partial charge on any atom is -0.380 e. The number of aromatic nitrogens is 2. The van der Waals surface area contributed by atoms with E-state index in [0.29, 0.717) is 10.0 Å². The second kappa shape index (κ2) is 5.84. The average molecular weight is 262 g/mol. The molecule has 0 saturated heterocycles. The highest BCUT2D eigenvalue weighted by Gasteiger charge is 2.01. The van der Waals surface area contributed by atoms with Crippen LogP contribution in [0.1, 0.15) is 5.69 Å². The molecule has 0 bridgehead atoms. The van der Waals surface area contributed by atoms with E-state index in [1.807, 2.05) is 6.26 Å². The Bertz CT molecular complexity index is 395. The summed E-state index contributed by atoms with van der Waals surface area (Å²) in [5.41, 5.74) is 8.62. The van der Waals surface area contributed by atoms with Crippen molar-refractivity contribution in [3.05, 3.63) is 23.2 Å². The number of thioether (sulfide) groups is 1. The molecule has 0 atom stereocenters. The molecule has 15 heavy (non-hydrogen) atoms. The van der Waals surface area contributed by atoms with Gasteiger partial charge in [-0.05, 0) is 6.26 Å². The monoisotopic (exact) mass is 261 g/mol. The summed E-state index contributed by atoms with van der Waals surface area (Å²) >= 11 is 11.9. The van der Waals surface area contributed by atoms with Gasteiger partial charge in [0.15, 0.2) is 10.2 Å². The second-order valence-corrected chi connectivity index (χ2v) is 4.20. The molecule has 0 aliphatic carbocycles. The van der Waals surface area contributed by atoms with Crippen molar-refractivity contribution in [3.8, 4) is 0 Å². The summed E-state index contributed by atoms with van der Waals surface area (Å²) in [7, 11) is 0. The van der Waals surface area contributed by atoms with Crippen molar-refractivity contribution in [1.29, 1.82) is 0 Å². The van der Waals surface area contributed by atoms with E-state index in [2.05, 4.69) is 20.5 Å². The fourth-order valence-corrected chi connectivity index (χ4v) is 1.00. The lowest BCUT2D eigenvalue weighted by molar-refractivity contribution is 1.04. The molecule has 0 saturated carbocycles. The number of rotatable bonds is 2. The lowest BCUT2D eigenvalue weighted by atomic mass is 10.4. The van der Waals surface area contributed by atoms with Crippen LogP contribution < -0.4 is 11.2 Å². The van der Waals surface area contributed by atoms with Crippen LogP contribution in [-0.2, 0) is 0 Å². The van der Waals surface area contributed by atoms with Crippen LogP contribution in [0.5, 0.6) is 0 Å². The van der Waals surface area contributed by atoms with Gasteiger partial charge in [0.1, 0.15) is 10.8 Å². The minimum atomic E-state index is 0.182. The predicted octanol–water partition coefficient (Wildman–Crippen LogP) is 0.988. The van der Waals surface area contributed by atoms with Crippen LogP contribution in [0, 0.1) is 0 Å². The zero-order chi connectivity index (χ0) is 11.3. The van der Waals surface area contributed by atoms with E-state index in [4.69, 9.17) is 29.6 Å². The van der Waals surface area contributed by atoms with Crippen molar-refractivity contribution in [2.24, 2.45) is 10.8 Å². The van der Waals surface area contributed by atoms with E-state index < -0.39 is 0 Å². The molecule has 0 aliphatic rings. The number of hydrazone groups is 1. The molecular weight excluding hydrogens is 254 g/mol. The number of thiocarbonyl (C=S) groups is 1. The summed E-state index contributed by atoms with van der Waals surface area (Å²) in [5, 5.41) is 4.09. The largest absolute Gasteiger partial charge is 0.380 e. The molecular formula is C7H8ClN5S2. The van der Waals surface area contributed by atoms with Gasteiger partial charge in [0.05, 0.1) is 12.4 Å². The third-order valence-electron chi connectivity index (χ3n) is 1.32. The molecule has 1 heterocycles. The SMILES string of the molecule is CSC(=S)N/N=C(\N)c1cncc(Cl)n1. The first-order valence-electron chi connectivity index (χ1n) is 3.78.